The summed E-state index contributed by atoms with van der Waals surface area (Å²) in [4.78, 5) is 6.12. The Kier molecular flexibility index (Phi) is 4.97. The van der Waals surface area contributed by atoms with Crippen molar-refractivity contribution in [2.45, 2.75) is 43.2 Å². The van der Waals surface area contributed by atoms with Gasteiger partial charge >= 0.3 is 0 Å². The lowest BCUT2D eigenvalue weighted by atomic mass is 9.61. The maximum atomic E-state index is 10.0. The Morgan fingerprint density at radius 1 is 1.07 bits per heavy atom. The van der Waals surface area contributed by atoms with E-state index in [1.807, 2.05) is 0 Å². The van der Waals surface area contributed by atoms with E-state index in [4.69, 9.17) is 4.74 Å². The van der Waals surface area contributed by atoms with Crippen molar-refractivity contribution >= 4 is 10.9 Å². The van der Waals surface area contributed by atoms with E-state index in [9.17, 15) is 5.11 Å². The second-order valence-electron chi connectivity index (χ2n) is 9.22. The maximum absolute atomic E-state index is 10.0. The van der Waals surface area contributed by atoms with Crippen molar-refractivity contribution in [1.29, 1.82) is 0 Å². The van der Waals surface area contributed by atoms with Crippen LogP contribution < -0.4 is 0 Å². The van der Waals surface area contributed by atoms with Crippen LogP contribution >= 0.6 is 0 Å². The summed E-state index contributed by atoms with van der Waals surface area (Å²) in [6.07, 6.45) is 4.65. The largest absolute Gasteiger partial charge is 0.396 e. The molecule has 1 fully saturated rings. The Labute approximate surface area is 178 Å². The lowest BCUT2D eigenvalue weighted by Gasteiger charge is -2.55. The standard InChI is InChI=1S/C26H32N2O2/c1-28(2)25(19-8-4-3-5-9-19)14-15-26(20(18-25)12-16-29)24-22(13-17-30-26)21-10-6-7-11-23(21)27-24/h3-11,20,27,29H,12-18H2,1-2H3. The van der Waals surface area contributed by atoms with E-state index < -0.39 is 0 Å². The van der Waals surface area contributed by atoms with Crippen LogP contribution in [0.25, 0.3) is 10.9 Å². The summed E-state index contributed by atoms with van der Waals surface area (Å²) < 4.78 is 6.68. The molecule has 4 heteroatoms. The smallest absolute Gasteiger partial charge is 0.111 e. The average molecular weight is 405 g/mol. The van der Waals surface area contributed by atoms with Crippen molar-refractivity contribution in [2.75, 3.05) is 27.3 Å². The summed E-state index contributed by atoms with van der Waals surface area (Å²) in [5, 5.41) is 11.3. The first-order chi connectivity index (χ1) is 14.6. The molecule has 2 aliphatic rings. The van der Waals surface area contributed by atoms with Gasteiger partial charge in [0.15, 0.2) is 0 Å². The predicted octanol–water partition coefficient (Wildman–Crippen LogP) is 4.58. The Balaban J connectivity index is 1.62. The van der Waals surface area contributed by atoms with Crippen molar-refractivity contribution in [3.8, 4) is 0 Å². The molecular formula is C26H32N2O2. The number of H-pyrrole nitrogens is 1. The van der Waals surface area contributed by atoms with Gasteiger partial charge in [-0.1, -0.05) is 48.5 Å². The van der Waals surface area contributed by atoms with Gasteiger partial charge in [0, 0.05) is 23.0 Å². The topological polar surface area (TPSA) is 48.5 Å². The van der Waals surface area contributed by atoms with Gasteiger partial charge in [0.1, 0.15) is 5.60 Å². The monoisotopic (exact) mass is 404 g/mol. The fraction of sp³-hybridized carbons (Fsp3) is 0.462. The molecule has 1 saturated carbocycles. The summed E-state index contributed by atoms with van der Waals surface area (Å²) >= 11 is 0. The van der Waals surface area contributed by atoms with Crippen LogP contribution in [0.2, 0.25) is 0 Å². The Bertz CT molecular complexity index is 1030. The molecule has 30 heavy (non-hydrogen) atoms. The van der Waals surface area contributed by atoms with Crippen LogP contribution in [-0.2, 0) is 22.3 Å². The number of nitrogens with one attached hydrogen (secondary N) is 1. The maximum Gasteiger partial charge on any atom is 0.111 e. The predicted molar refractivity (Wildman–Crippen MR) is 120 cm³/mol. The molecule has 3 aromatic rings. The van der Waals surface area contributed by atoms with E-state index in [0.717, 1.165) is 38.7 Å². The van der Waals surface area contributed by atoms with Crippen LogP contribution in [0.3, 0.4) is 0 Å². The Morgan fingerprint density at radius 3 is 2.60 bits per heavy atom. The highest BCUT2D eigenvalue weighted by molar-refractivity contribution is 5.85. The summed E-state index contributed by atoms with van der Waals surface area (Å²) in [6.45, 7) is 0.931. The summed E-state index contributed by atoms with van der Waals surface area (Å²) in [5.41, 5.74) is 4.84. The molecular weight excluding hydrogens is 372 g/mol. The van der Waals surface area contributed by atoms with Gasteiger partial charge in [-0.15, -0.1) is 0 Å². The molecule has 4 nitrogen and oxygen atoms in total. The minimum absolute atomic E-state index is 0.0423. The molecule has 3 unspecified atom stereocenters. The van der Waals surface area contributed by atoms with Gasteiger partial charge in [0.25, 0.3) is 0 Å². The number of hydrogen-bond donors (Lipinski definition) is 2. The average Bonchev–Trinajstić information content (AvgIpc) is 3.16. The molecule has 3 atom stereocenters. The lowest BCUT2D eigenvalue weighted by Crippen LogP contribution is -2.55. The molecule has 0 radical (unpaired) electrons. The first-order valence-electron chi connectivity index (χ1n) is 11.2. The zero-order valence-corrected chi connectivity index (χ0v) is 18.0. The first-order valence-corrected chi connectivity index (χ1v) is 11.2. The molecule has 2 N–H and O–H groups in total. The van der Waals surface area contributed by atoms with Crippen molar-refractivity contribution in [3.05, 3.63) is 71.4 Å². The number of nitrogens with zero attached hydrogens (tertiary/aromatic N) is 1. The molecule has 1 aliphatic heterocycles. The number of aliphatic hydroxyl groups is 1. The number of ether oxygens (including phenoxy) is 1. The van der Waals surface area contributed by atoms with Gasteiger partial charge in [-0.05, 0) is 69.3 Å². The number of hydrogen-bond acceptors (Lipinski definition) is 3. The highest BCUT2D eigenvalue weighted by atomic mass is 16.5. The van der Waals surface area contributed by atoms with Crippen molar-refractivity contribution < 1.29 is 9.84 Å². The second-order valence-corrected chi connectivity index (χ2v) is 9.22. The molecule has 1 aromatic heterocycles. The van der Waals surface area contributed by atoms with Crippen LogP contribution in [-0.4, -0.2) is 42.3 Å². The van der Waals surface area contributed by atoms with Gasteiger partial charge in [0.05, 0.1) is 12.3 Å². The molecule has 1 spiro atoms. The normalized spacial score (nSPS) is 28.9. The van der Waals surface area contributed by atoms with Gasteiger partial charge in [0.2, 0.25) is 0 Å². The highest BCUT2D eigenvalue weighted by Crippen LogP contribution is 2.56. The van der Waals surface area contributed by atoms with Crippen LogP contribution in [0.1, 0.15) is 42.5 Å². The minimum atomic E-state index is -0.344. The highest BCUT2D eigenvalue weighted by Gasteiger charge is 2.54. The van der Waals surface area contributed by atoms with Crippen LogP contribution in [0.15, 0.2) is 54.6 Å². The fourth-order valence-electron chi connectivity index (χ4n) is 6.18. The molecule has 5 rings (SSSR count). The molecule has 158 valence electrons. The van der Waals surface area contributed by atoms with E-state index in [1.165, 1.54) is 27.7 Å². The van der Waals surface area contributed by atoms with Crippen LogP contribution in [0.4, 0.5) is 0 Å². The molecule has 2 aromatic carbocycles. The van der Waals surface area contributed by atoms with Crippen molar-refractivity contribution in [1.82, 2.24) is 9.88 Å². The van der Waals surface area contributed by atoms with E-state index in [0.29, 0.717) is 0 Å². The third-order valence-corrected chi connectivity index (χ3v) is 7.75. The number of aromatic nitrogens is 1. The molecule has 0 bridgehead atoms. The van der Waals surface area contributed by atoms with Gasteiger partial charge in [-0.2, -0.15) is 0 Å². The zero-order valence-electron chi connectivity index (χ0n) is 18.0. The van der Waals surface area contributed by atoms with E-state index in [2.05, 4.69) is 78.6 Å². The molecule has 0 amide bonds. The Morgan fingerprint density at radius 2 is 1.83 bits per heavy atom. The molecule has 2 heterocycles. The number of aliphatic hydroxyl groups excluding tert-OH is 1. The minimum Gasteiger partial charge on any atom is -0.396 e. The quantitative estimate of drug-likeness (QED) is 0.669. The van der Waals surface area contributed by atoms with Gasteiger partial charge in [-0.25, -0.2) is 0 Å². The van der Waals surface area contributed by atoms with Crippen molar-refractivity contribution in [2.24, 2.45) is 5.92 Å². The van der Waals surface area contributed by atoms with Crippen LogP contribution in [0.5, 0.6) is 0 Å². The third kappa shape index (κ3) is 2.85. The third-order valence-electron chi connectivity index (χ3n) is 7.75. The van der Waals surface area contributed by atoms with Gasteiger partial charge in [-0.3, -0.25) is 4.90 Å². The van der Waals surface area contributed by atoms with E-state index in [-0.39, 0.29) is 23.7 Å². The van der Waals surface area contributed by atoms with E-state index >= 15 is 0 Å². The second kappa shape index (κ2) is 7.52. The fourth-order valence-corrected chi connectivity index (χ4v) is 6.18. The SMILES string of the molecule is CN(C)C1(c2ccccc2)CCC2(OCCc3c2[nH]c2ccccc32)C(CCO)C1. The first kappa shape index (κ1) is 19.8. The number of para-hydroxylation sites is 1. The summed E-state index contributed by atoms with van der Waals surface area (Å²) in [5.74, 6) is 0.242. The van der Waals surface area contributed by atoms with Crippen molar-refractivity contribution in [3.63, 3.8) is 0 Å². The Hall–Kier alpha value is -2.14. The number of fused-ring (bicyclic) bond motifs is 4. The summed E-state index contributed by atoms with van der Waals surface area (Å²) in [6, 6.07) is 19.5. The lowest BCUT2D eigenvalue weighted by molar-refractivity contribution is -0.157. The number of benzene rings is 2. The number of aromatic amines is 1. The zero-order chi connectivity index (χ0) is 20.8. The van der Waals surface area contributed by atoms with Gasteiger partial charge < -0.3 is 14.8 Å². The number of rotatable bonds is 4. The summed E-state index contributed by atoms with van der Waals surface area (Å²) in [7, 11) is 4.38. The van der Waals surface area contributed by atoms with E-state index in [1.54, 1.807) is 0 Å². The molecule has 1 aliphatic carbocycles. The van der Waals surface area contributed by atoms with Crippen LogP contribution in [0, 0.1) is 5.92 Å². The molecule has 0 saturated heterocycles.